The van der Waals surface area contributed by atoms with Gasteiger partial charge in [0.1, 0.15) is 0 Å². The van der Waals surface area contributed by atoms with E-state index in [2.05, 4.69) is 0 Å². The van der Waals surface area contributed by atoms with Crippen molar-refractivity contribution in [3.8, 4) is 0 Å². The Morgan fingerprint density at radius 1 is 1.28 bits per heavy atom. The van der Waals surface area contributed by atoms with Gasteiger partial charge in [0.15, 0.2) is 0 Å². The van der Waals surface area contributed by atoms with Crippen LogP contribution >= 0.6 is 12.4 Å². The van der Waals surface area contributed by atoms with Crippen LogP contribution in [-0.2, 0) is 15.8 Å². The first-order valence-electron chi connectivity index (χ1n) is 5.85. The van der Waals surface area contributed by atoms with Gasteiger partial charge in [-0.2, -0.15) is 0 Å². The normalized spacial score (nSPS) is 21.3. The first kappa shape index (κ1) is 15.4. The molecular formula is C12H19ClN2O2S. The maximum absolute atomic E-state index is 12.2. The Balaban J connectivity index is 0.00000162. The van der Waals surface area contributed by atoms with E-state index in [0.29, 0.717) is 13.1 Å². The summed E-state index contributed by atoms with van der Waals surface area (Å²) >= 11 is 0. The molecule has 0 aliphatic carbocycles. The van der Waals surface area contributed by atoms with Crippen LogP contribution in [0.4, 0.5) is 0 Å². The van der Waals surface area contributed by atoms with Gasteiger partial charge in [0, 0.05) is 19.1 Å². The quantitative estimate of drug-likeness (QED) is 0.914. The lowest BCUT2D eigenvalue weighted by Crippen LogP contribution is -2.46. The predicted octanol–water partition coefficient (Wildman–Crippen LogP) is 1.36. The zero-order valence-corrected chi connectivity index (χ0v) is 11.8. The second-order valence-corrected chi connectivity index (χ2v) is 6.47. The van der Waals surface area contributed by atoms with Gasteiger partial charge in [0.05, 0.1) is 5.75 Å². The van der Waals surface area contributed by atoms with E-state index in [1.54, 1.807) is 0 Å². The molecule has 18 heavy (non-hydrogen) atoms. The monoisotopic (exact) mass is 290 g/mol. The highest BCUT2D eigenvalue weighted by Crippen LogP contribution is 2.16. The van der Waals surface area contributed by atoms with E-state index in [9.17, 15) is 8.42 Å². The number of piperidine rings is 1. The maximum Gasteiger partial charge on any atom is 0.218 e. The van der Waals surface area contributed by atoms with E-state index in [1.807, 2.05) is 30.3 Å². The Kier molecular flexibility index (Phi) is 5.59. The molecule has 1 atom stereocenters. The van der Waals surface area contributed by atoms with Crippen LogP contribution in [0.25, 0.3) is 0 Å². The number of halogens is 1. The van der Waals surface area contributed by atoms with E-state index in [-0.39, 0.29) is 24.2 Å². The Hall–Kier alpha value is -0.620. The fraction of sp³-hybridized carbons (Fsp3) is 0.500. The highest BCUT2D eigenvalue weighted by Gasteiger charge is 2.27. The molecule has 2 rings (SSSR count). The molecule has 0 spiro atoms. The molecule has 0 saturated carbocycles. The second-order valence-electron chi connectivity index (χ2n) is 4.50. The predicted molar refractivity (Wildman–Crippen MR) is 75.1 cm³/mol. The van der Waals surface area contributed by atoms with Gasteiger partial charge in [-0.05, 0) is 18.4 Å². The van der Waals surface area contributed by atoms with Crippen LogP contribution in [0.3, 0.4) is 0 Å². The molecular weight excluding hydrogens is 272 g/mol. The Labute approximate surface area is 115 Å². The molecule has 6 heteroatoms. The summed E-state index contributed by atoms with van der Waals surface area (Å²) in [5, 5.41) is 0. The molecule has 1 aliphatic rings. The summed E-state index contributed by atoms with van der Waals surface area (Å²) in [5.74, 6) is 0.0700. The number of hydrogen-bond donors (Lipinski definition) is 1. The molecule has 2 N–H and O–H groups in total. The Bertz CT molecular complexity index is 464. The van der Waals surface area contributed by atoms with Crippen molar-refractivity contribution in [2.75, 3.05) is 13.1 Å². The molecule has 1 fully saturated rings. The van der Waals surface area contributed by atoms with E-state index in [4.69, 9.17) is 5.73 Å². The largest absolute Gasteiger partial charge is 0.327 e. The summed E-state index contributed by atoms with van der Waals surface area (Å²) in [6, 6.07) is 9.24. The minimum absolute atomic E-state index is 0. The van der Waals surface area contributed by atoms with Gasteiger partial charge in [-0.3, -0.25) is 0 Å². The molecule has 4 nitrogen and oxygen atoms in total. The molecule has 0 radical (unpaired) electrons. The molecule has 1 saturated heterocycles. The third kappa shape index (κ3) is 3.95. The van der Waals surface area contributed by atoms with Crippen molar-refractivity contribution in [3.05, 3.63) is 35.9 Å². The second kappa shape index (κ2) is 6.52. The zero-order chi connectivity index (χ0) is 12.3. The van der Waals surface area contributed by atoms with E-state index >= 15 is 0 Å². The minimum atomic E-state index is -3.22. The number of nitrogens with zero attached hydrogens (tertiary/aromatic N) is 1. The molecule has 0 unspecified atom stereocenters. The summed E-state index contributed by atoms with van der Waals surface area (Å²) in [6.45, 7) is 1.05. The topological polar surface area (TPSA) is 63.4 Å². The van der Waals surface area contributed by atoms with Crippen LogP contribution in [0.1, 0.15) is 18.4 Å². The molecule has 1 aromatic rings. The average Bonchev–Trinajstić information content (AvgIpc) is 2.30. The fourth-order valence-corrected chi connectivity index (χ4v) is 3.72. The lowest BCUT2D eigenvalue weighted by molar-refractivity contribution is 0.316. The van der Waals surface area contributed by atoms with Crippen LogP contribution in [0, 0.1) is 0 Å². The van der Waals surface area contributed by atoms with Crippen molar-refractivity contribution < 1.29 is 8.42 Å². The number of hydrogen-bond acceptors (Lipinski definition) is 3. The van der Waals surface area contributed by atoms with Crippen LogP contribution in [0.2, 0.25) is 0 Å². The molecule has 0 aromatic heterocycles. The van der Waals surface area contributed by atoms with Gasteiger partial charge in [0.25, 0.3) is 0 Å². The lowest BCUT2D eigenvalue weighted by atomic mass is 10.1. The van der Waals surface area contributed by atoms with Crippen molar-refractivity contribution in [1.29, 1.82) is 0 Å². The van der Waals surface area contributed by atoms with Gasteiger partial charge in [-0.25, -0.2) is 12.7 Å². The van der Waals surface area contributed by atoms with E-state index < -0.39 is 10.0 Å². The van der Waals surface area contributed by atoms with Crippen LogP contribution < -0.4 is 5.73 Å². The van der Waals surface area contributed by atoms with Gasteiger partial charge in [-0.1, -0.05) is 30.3 Å². The van der Waals surface area contributed by atoms with Crippen LogP contribution in [-0.4, -0.2) is 31.9 Å². The Morgan fingerprint density at radius 2 is 1.94 bits per heavy atom. The fourth-order valence-electron chi connectivity index (χ4n) is 2.10. The van der Waals surface area contributed by atoms with Gasteiger partial charge < -0.3 is 5.73 Å². The number of nitrogens with two attached hydrogens (primary N) is 1. The van der Waals surface area contributed by atoms with Gasteiger partial charge >= 0.3 is 0 Å². The molecule has 0 bridgehead atoms. The summed E-state index contributed by atoms with van der Waals surface area (Å²) < 4.78 is 25.9. The van der Waals surface area contributed by atoms with Crippen molar-refractivity contribution in [2.45, 2.75) is 24.6 Å². The maximum atomic E-state index is 12.2. The minimum Gasteiger partial charge on any atom is -0.327 e. The van der Waals surface area contributed by atoms with Crippen molar-refractivity contribution in [2.24, 2.45) is 5.73 Å². The van der Waals surface area contributed by atoms with Crippen molar-refractivity contribution in [3.63, 3.8) is 0 Å². The van der Waals surface area contributed by atoms with Crippen molar-refractivity contribution >= 4 is 22.4 Å². The summed E-state index contributed by atoms with van der Waals surface area (Å²) in [5.41, 5.74) is 6.63. The lowest BCUT2D eigenvalue weighted by Gasteiger charge is -2.29. The summed E-state index contributed by atoms with van der Waals surface area (Å²) in [4.78, 5) is 0. The molecule has 1 heterocycles. The highest BCUT2D eigenvalue weighted by molar-refractivity contribution is 7.88. The molecule has 0 amide bonds. The van der Waals surface area contributed by atoms with Crippen LogP contribution in [0.5, 0.6) is 0 Å². The van der Waals surface area contributed by atoms with Crippen molar-refractivity contribution in [1.82, 2.24) is 4.31 Å². The van der Waals surface area contributed by atoms with Crippen LogP contribution in [0.15, 0.2) is 30.3 Å². The Morgan fingerprint density at radius 3 is 2.56 bits per heavy atom. The molecule has 1 aromatic carbocycles. The van der Waals surface area contributed by atoms with Gasteiger partial charge in [0.2, 0.25) is 10.0 Å². The zero-order valence-electron chi connectivity index (χ0n) is 10.2. The highest BCUT2D eigenvalue weighted by atomic mass is 35.5. The summed E-state index contributed by atoms with van der Waals surface area (Å²) in [6.07, 6.45) is 1.77. The standard InChI is InChI=1S/C12H18N2O2S.ClH/c13-12-7-4-8-14(9-12)17(15,16)10-11-5-2-1-3-6-11;/h1-3,5-6,12H,4,7-10,13H2;1H/t12-;/m1./s1. The van der Waals surface area contributed by atoms with Gasteiger partial charge in [-0.15, -0.1) is 12.4 Å². The number of benzene rings is 1. The first-order valence-corrected chi connectivity index (χ1v) is 7.46. The molecule has 1 aliphatic heterocycles. The smallest absolute Gasteiger partial charge is 0.218 e. The first-order chi connectivity index (χ1) is 8.08. The third-order valence-corrected chi connectivity index (χ3v) is 4.82. The number of sulfonamides is 1. The third-order valence-electron chi connectivity index (χ3n) is 3.01. The average molecular weight is 291 g/mol. The summed E-state index contributed by atoms with van der Waals surface area (Å²) in [7, 11) is -3.22. The number of rotatable bonds is 3. The van der Waals surface area contributed by atoms with E-state index in [1.165, 1.54) is 4.31 Å². The molecule has 102 valence electrons. The van der Waals surface area contributed by atoms with E-state index in [0.717, 1.165) is 18.4 Å². The SMILES string of the molecule is Cl.N[C@@H]1CCCN(S(=O)(=O)Cc2ccccc2)C1.